The van der Waals surface area contributed by atoms with Crippen LogP contribution in [-0.2, 0) is 19.9 Å². The molecule has 0 radical (unpaired) electrons. The lowest BCUT2D eigenvalue weighted by Gasteiger charge is -2.12. The topological polar surface area (TPSA) is 43.8 Å². The Morgan fingerprint density at radius 2 is 2.22 bits per heavy atom. The van der Waals surface area contributed by atoms with Crippen LogP contribution in [0.2, 0.25) is 5.02 Å². The van der Waals surface area contributed by atoms with E-state index in [1.54, 1.807) is 11.3 Å². The van der Waals surface area contributed by atoms with Gasteiger partial charge in [-0.25, -0.2) is 0 Å². The molecule has 0 saturated carbocycles. The molecule has 2 aromatic heterocycles. The highest BCUT2D eigenvalue weighted by Crippen LogP contribution is 2.27. The van der Waals surface area contributed by atoms with Crippen LogP contribution in [-0.4, -0.2) is 9.78 Å². The molecule has 0 aliphatic carbocycles. The van der Waals surface area contributed by atoms with Crippen LogP contribution in [0.3, 0.4) is 0 Å². The summed E-state index contributed by atoms with van der Waals surface area (Å²) in [4.78, 5) is 0. The number of rotatable bonds is 4. The summed E-state index contributed by atoms with van der Waals surface area (Å²) in [5.74, 6) is 0. The maximum atomic E-state index is 6.34. The third-order valence-electron chi connectivity index (χ3n) is 3.21. The second kappa shape index (κ2) is 5.43. The van der Waals surface area contributed by atoms with Gasteiger partial charge in [0.1, 0.15) is 0 Å². The second-order valence-electron chi connectivity index (χ2n) is 4.51. The Morgan fingerprint density at radius 3 is 2.72 bits per heavy atom. The Hall–Kier alpha value is -0.840. The molecular weight excluding hydrogens is 266 g/mol. The van der Waals surface area contributed by atoms with Crippen molar-refractivity contribution in [2.45, 2.75) is 32.7 Å². The molecule has 0 aliphatic heterocycles. The van der Waals surface area contributed by atoms with Crippen molar-refractivity contribution in [2.24, 2.45) is 12.8 Å². The molecule has 0 bridgehead atoms. The van der Waals surface area contributed by atoms with Crippen LogP contribution < -0.4 is 5.73 Å². The molecule has 0 spiro atoms. The van der Waals surface area contributed by atoms with E-state index in [2.05, 4.69) is 29.7 Å². The first kappa shape index (κ1) is 13.6. The average Bonchev–Trinajstić information content (AvgIpc) is 2.87. The summed E-state index contributed by atoms with van der Waals surface area (Å²) in [5, 5.41) is 9.42. The van der Waals surface area contributed by atoms with Crippen molar-refractivity contribution >= 4 is 22.9 Å². The first-order valence-corrected chi connectivity index (χ1v) is 7.35. The summed E-state index contributed by atoms with van der Waals surface area (Å²) < 4.78 is 1.85. The van der Waals surface area contributed by atoms with Crippen molar-refractivity contribution < 1.29 is 0 Å². The molecule has 0 fully saturated rings. The summed E-state index contributed by atoms with van der Waals surface area (Å²) >= 11 is 8.03. The predicted molar refractivity (Wildman–Crippen MR) is 77.3 cm³/mol. The van der Waals surface area contributed by atoms with Gasteiger partial charge in [0.2, 0.25) is 0 Å². The molecule has 5 heteroatoms. The summed E-state index contributed by atoms with van der Waals surface area (Å²) in [6.45, 7) is 4.15. The highest BCUT2D eigenvalue weighted by atomic mass is 35.5. The standard InChI is InChI=1S/C13H18ClN3S/c1-4-11-13(14)12(17(3)16-11)5-10(15)9-7-18-6-8(9)2/h6-7,10H,4-5,15H2,1-3H3. The molecule has 0 amide bonds. The van der Waals surface area contributed by atoms with Gasteiger partial charge < -0.3 is 5.73 Å². The number of halogens is 1. The number of thiophene rings is 1. The molecule has 1 atom stereocenters. The fourth-order valence-corrected chi connectivity index (χ4v) is 3.40. The lowest BCUT2D eigenvalue weighted by atomic mass is 10.0. The van der Waals surface area contributed by atoms with Crippen LogP contribution in [0.1, 0.15) is 35.5 Å². The Bertz CT molecular complexity index is 544. The molecule has 18 heavy (non-hydrogen) atoms. The van der Waals surface area contributed by atoms with Crippen LogP contribution >= 0.6 is 22.9 Å². The van der Waals surface area contributed by atoms with Gasteiger partial charge in [-0.1, -0.05) is 18.5 Å². The largest absolute Gasteiger partial charge is 0.324 e. The van der Waals surface area contributed by atoms with Gasteiger partial charge in [0, 0.05) is 19.5 Å². The van der Waals surface area contributed by atoms with E-state index in [1.807, 2.05) is 11.7 Å². The first-order valence-electron chi connectivity index (χ1n) is 6.03. The first-order chi connectivity index (χ1) is 8.54. The Morgan fingerprint density at radius 1 is 1.50 bits per heavy atom. The fourth-order valence-electron chi connectivity index (χ4n) is 2.11. The highest BCUT2D eigenvalue weighted by Gasteiger charge is 2.18. The molecule has 98 valence electrons. The quantitative estimate of drug-likeness (QED) is 0.936. The molecule has 1 unspecified atom stereocenters. The lowest BCUT2D eigenvalue weighted by molar-refractivity contribution is 0.637. The average molecular weight is 284 g/mol. The van der Waals surface area contributed by atoms with Gasteiger partial charge in [-0.05, 0) is 35.2 Å². The molecule has 2 heterocycles. The maximum absolute atomic E-state index is 6.34. The monoisotopic (exact) mass is 283 g/mol. The highest BCUT2D eigenvalue weighted by molar-refractivity contribution is 7.08. The minimum atomic E-state index is -0.0196. The molecule has 0 saturated heterocycles. The summed E-state index contributed by atoms with van der Waals surface area (Å²) in [6, 6.07) is -0.0196. The van der Waals surface area contributed by atoms with Gasteiger partial charge in [0.05, 0.1) is 16.4 Å². The third kappa shape index (κ3) is 2.46. The van der Waals surface area contributed by atoms with Crippen molar-refractivity contribution in [1.29, 1.82) is 0 Å². The van der Waals surface area contributed by atoms with E-state index in [0.29, 0.717) is 0 Å². The predicted octanol–water partition coefficient (Wildman–Crippen LogP) is 3.25. The fraction of sp³-hybridized carbons (Fsp3) is 0.462. The third-order valence-corrected chi connectivity index (χ3v) is 4.53. The Labute approximate surface area is 117 Å². The summed E-state index contributed by atoms with van der Waals surface area (Å²) in [7, 11) is 1.92. The van der Waals surface area contributed by atoms with Crippen molar-refractivity contribution in [3.63, 3.8) is 0 Å². The van der Waals surface area contributed by atoms with Crippen LogP contribution in [0.25, 0.3) is 0 Å². The molecule has 0 aliphatic rings. The minimum absolute atomic E-state index is 0.0196. The molecule has 2 rings (SSSR count). The Kier molecular flexibility index (Phi) is 4.10. The van der Waals surface area contributed by atoms with Gasteiger partial charge in [-0.15, -0.1) is 0 Å². The molecular formula is C13H18ClN3S. The Balaban J connectivity index is 2.24. The van der Waals surface area contributed by atoms with Gasteiger partial charge in [-0.3, -0.25) is 4.68 Å². The van der Waals surface area contributed by atoms with Crippen molar-refractivity contribution in [3.05, 3.63) is 38.3 Å². The number of hydrogen-bond acceptors (Lipinski definition) is 3. The normalized spacial score (nSPS) is 12.9. The molecule has 0 aromatic carbocycles. The van der Waals surface area contributed by atoms with E-state index in [4.69, 9.17) is 17.3 Å². The number of nitrogens with zero attached hydrogens (tertiary/aromatic N) is 2. The smallest absolute Gasteiger partial charge is 0.0850 e. The van der Waals surface area contributed by atoms with E-state index >= 15 is 0 Å². The lowest BCUT2D eigenvalue weighted by Crippen LogP contribution is -2.15. The number of aromatic nitrogens is 2. The zero-order chi connectivity index (χ0) is 13.3. The molecule has 2 aromatic rings. The van der Waals surface area contributed by atoms with E-state index < -0.39 is 0 Å². The van der Waals surface area contributed by atoms with E-state index in [-0.39, 0.29) is 6.04 Å². The summed E-state index contributed by atoms with van der Waals surface area (Å²) in [6.07, 6.45) is 1.57. The van der Waals surface area contributed by atoms with E-state index in [9.17, 15) is 0 Å². The van der Waals surface area contributed by atoms with E-state index in [1.165, 1.54) is 11.1 Å². The zero-order valence-electron chi connectivity index (χ0n) is 10.9. The second-order valence-corrected chi connectivity index (χ2v) is 5.63. The SMILES string of the molecule is CCc1nn(C)c(CC(N)c2cscc2C)c1Cl. The van der Waals surface area contributed by atoms with Gasteiger partial charge in [-0.2, -0.15) is 16.4 Å². The molecule has 2 N–H and O–H groups in total. The van der Waals surface area contributed by atoms with Crippen LogP contribution in [0.15, 0.2) is 10.8 Å². The minimum Gasteiger partial charge on any atom is -0.324 e. The van der Waals surface area contributed by atoms with Gasteiger partial charge >= 0.3 is 0 Å². The number of nitrogens with two attached hydrogens (primary N) is 1. The summed E-state index contributed by atoms with van der Waals surface area (Å²) in [5.41, 5.74) is 10.7. The number of aryl methyl sites for hydroxylation is 3. The van der Waals surface area contributed by atoms with Crippen LogP contribution in [0, 0.1) is 6.92 Å². The van der Waals surface area contributed by atoms with Crippen LogP contribution in [0.5, 0.6) is 0 Å². The van der Waals surface area contributed by atoms with E-state index in [0.717, 1.165) is 29.3 Å². The zero-order valence-corrected chi connectivity index (χ0v) is 12.5. The molecule has 3 nitrogen and oxygen atoms in total. The van der Waals surface area contributed by atoms with Crippen molar-refractivity contribution in [3.8, 4) is 0 Å². The van der Waals surface area contributed by atoms with Gasteiger partial charge in [0.15, 0.2) is 0 Å². The van der Waals surface area contributed by atoms with Crippen molar-refractivity contribution in [1.82, 2.24) is 9.78 Å². The maximum Gasteiger partial charge on any atom is 0.0850 e. The number of hydrogen-bond donors (Lipinski definition) is 1. The van der Waals surface area contributed by atoms with Crippen LogP contribution in [0.4, 0.5) is 0 Å². The van der Waals surface area contributed by atoms with Crippen molar-refractivity contribution in [2.75, 3.05) is 0 Å². The van der Waals surface area contributed by atoms with Gasteiger partial charge in [0.25, 0.3) is 0 Å².